The number of ether oxygens (including phenoxy) is 1. The number of hydrogen-bond donors (Lipinski definition) is 2. The molecule has 1 atom stereocenters. The number of fused-ring (bicyclic) bond motifs is 1. The summed E-state index contributed by atoms with van der Waals surface area (Å²) in [4.78, 5) is 22.0. The Bertz CT molecular complexity index is 1200. The van der Waals surface area contributed by atoms with Gasteiger partial charge in [-0.3, -0.25) is 15.0 Å². The lowest BCUT2D eigenvalue weighted by molar-refractivity contribution is 0.0853. The van der Waals surface area contributed by atoms with Crippen molar-refractivity contribution in [2.24, 2.45) is 5.84 Å². The van der Waals surface area contributed by atoms with E-state index in [0.29, 0.717) is 19.0 Å². The lowest BCUT2D eigenvalue weighted by atomic mass is 9.99. The second-order valence-corrected chi connectivity index (χ2v) is 9.88. The summed E-state index contributed by atoms with van der Waals surface area (Å²) >= 11 is 0. The van der Waals surface area contributed by atoms with Crippen molar-refractivity contribution in [3.63, 3.8) is 0 Å². The number of aromatic amines is 1. The highest BCUT2D eigenvalue weighted by Crippen LogP contribution is 2.29. The van der Waals surface area contributed by atoms with Gasteiger partial charge >= 0.3 is 6.03 Å². The first kappa shape index (κ1) is 24.3. The van der Waals surface area contributed by atoms with Crippen LogP contribution in [0, 0.1) is 13.8 Å². The Hall–Kier alpha value is -3.43. The minimum atomic E-state index is -0.125. The van der Waals surface area contributed by atoms with Gasteiger partial charge in [0.1, 0.15) is 0 Å². The Labute approximate surface area is 212 Å². The summed E-state index contributed by atoms with van der Waals surface area (Å²) in [5.41, 5.74) is 7.79. The van der Waals surface area contributed by atoms with Crippen LogP contribution in [0.25, 0.3) is 11.3 Å². The van der Waals surface area contributed by atoms with E-state index >= 15 is 0 Å². The van der Waals surface area contributed by atoms with Gasteiger partial charge in [0, 0.05) is 55.1 Å². The fourth-order valence-corrected chi connectivity index (χ4v) is 5.38. The molecular formula is C27H35N7O2. The standard InChI is InChI=1S/C27H35N7O2/c1-18-6-4-7-19(2)22(18)16-32-12-5-8-21(15-32)34(28)27(35)33-13-11-24-23(17-33)26(31-30-24)20-9-10-25(36-3)29-14-20/h4,6-7,9-10,14,21H,5,8,11-13,15-17,28H2,1-3H3,(H,30,31)/t21-/m1/s1. The molecule has 0 radical (unpaired) electrons. The fraction of sp³-hybridized carbons (Fsp3) is 0.444. The number of carbonyl (C=O) groups excluding carboxylic acids is 1. The van der Waals surface area contributed by atoms with Crippen molar-refractivity contribution in [1.82, 2.24) is 30.0 Å². The molecule has 2 aliphatic rings. The van der Waals surface area contributed by atoms with Crippen LogP contribution in [0.4, 0.5) is 4.79 Å². The van der Waals surface area contributed by atoms with Gasteiger partial charge in [-0.2, -0.15) is 5.10 Å². The molecule has 9 heteroatoms. The van der Waals surface area contributed by atoms with Crippen LogP contribution in [-0.4, -0.2) is 68.8 Å². The third kappa shape index (κ3) is 4.81. The van der Waals surface area contributed by atoms with Gasteiger partial charge in [0.2, 0.25) is 5.88 Å². The summed E-state index contributed by atoms with van der Waals surface area (Å²) in [6.45, 7) is 8.10. The first-order chi connectivity index (χ1) is 17.4. The molecule has 0 bridgehead atoms. The molecule has 5 rings (SSSR count). The molecule has 3 aromatic rings. The molecule has 0 aliphatic carbocycles. The number of amides is 2. The average molecular weight is 490 g/mol. The molecule has 36 heavy (non-hydrogen) atoms. The summed E-state index contributed by atoms with van der Waals surface area (Å²) in [6.07, 6.45) is 4.41. The highest BCUT2D eigenvalue weighted by atomic mass is 16.5. The molecule has 1 saturated heterocycles. The maximum absolute atomic E-state index is 13.5. The molecule has 1 aromatic carbocycles. The molecule has 1 fully saturated rings. The number of aryl methyl sites for hydroxylation is 2. The summed E-state index contributed by atoms with van der Waals surface area (Å²) in [5, 5.41) is 9.13. The van der Waals surface area contributed by atoms with Crippen LogP contribution in [0.15, 0.2) is 36.5 Å². The number of piperidine rings is 1. The number of hydrazine groups is 1. The molecule has 2 aromatic heterocycles. The minimum Gasteiger partial charge on any atom is -0.481 e. The molecule has 0 spiro atoms. The maximum Gasteiger partial charge on any atom is 0.334 e. The number of nitrogens with two attached hydrogens (primary N) is 1. The highest BCUT2D eigenvalue weighted by molar-refractivity contribution is 5.75. The number of rotatable bonds is 5. The van der Waals surface area contributed by atoms with Gasteiger partial charge < -0.3 is 9.64 Å². The van der Waals surface area contributed by atoms with Crippen molar-refractivity contribution in [3.05, 3.63) is 64.5 Å². The smallest absolute Gasteiger partial charge is 0.334 e. The molecule has 9 nitrogen and oxygen atoms in total. The Balaban J connectivity index is 1.26. The highest BCUT2D eigenvalue weighted by Gasteiger charge is 2.32. The Morgan fingerprint density at radius 2 is 2.03 bits per heavy atom. The van der Waals surface area contributed by atoms with Gasteiger partial charge in [0.25, 0.3) is 0 Å². The quantitative estimate of drug-likeness (QED) is 0.323. The van der Waals surface area contributed by atoms with Crippen molar-refractivity contribution in [2.45, 2.75) is 52.2 Å². The zero-order chi connectivity index (χ0) is 25.2. The lowest BCUT2D eigenvalue weighted by Crippen LogP contribution is -2.57. The number of hydrogen-bond acceptors (Lipinski definition) is 6. The van der Waals surface area contributed by atoms with E-state index in [-0.39, 0.29) is 12.1 Å². The third-order valence-electron chi connectivity index (χ3n) is 7.54. The summed E-state index contributed by atoms with van der Waals surface area (Å²) in [5.74, 6) is 7.04. The monoisotopic (exact) mass is 489 g/mol. The molecule has 2 amide bonds. The normalized spacial score (nSPS) is 18.1. The Morgan fingerprint density at radius 3 is 2.75 bits per heavy atom. The second kappa shape index (κ2) is 10.3. The lowest BCUT2D eigenvalue weighted by Gasteiger charge is -2.40. The largest absolute Gasteiger partial charge is 0.481 e. The topological polar surface area (TPSA) is 104 Å². The molecule has 3 N–H and O–H groups in total. The molecular weight excluding hydrogens is 454 g/mol. The van der Waals surface area contributed by atoms with Gasteiger partial charge in [0.15, 0.2) is 0 Å². The number of aromatic nitrogens is 3. The molecule has 0 saturated carbocycles. The first-order valence-corrected chi connectivity index (χ1v) is 12.6. The number of urea groups is 1. The number of pyridine rings is 1. The zero-order valence-corrected chi connectivity index (χ0v) is 21.3. The number of nitrogens with one attached hydrogen (secondary N) is 1. The van der Waals surface area contributed by atoms with Gasteiger partial charge in [-0.1, -0.05) is 18.2 Å². The fourth-order valence-electron chi connectivity index (χ4n) is 5.38. The van der Waals surface area contributed by atoms with E-state index in [4.69, 9.17) is 10.6 Å². The van der Waals surface area contributed by atoms with Gasteiger partial charge in [-0.05, 0) is 56.0 Å². The maximum atomic E-state index is 13.5. The van der Waals surface area contributed by atoms with Crippen LogP contribution in [0.1, 0.15) is 40.8 Å². The van der Waals surface area contributed by atoms with Crippen LogP contribution >= 0.6 is 0 Å². The number of H-pyrrole nitrogens is 1. The minimum absolute atomic E-state index is 0.00780. The van der Waals surface area contributed by atoms with E-state index in [1.54, 1.807) is 13.3 Å². The SMILES string of the molecule is COc1ccc(-c2n[nH]c3c2CN(C(=O)N(N)[C@@H]2CCCN(Cc4c(C)cccc4C)C2)CC3)cn1. The Morgan fingerprint density at radius 1 is 1.22 bits per heavy atom. The predicted octanol–water partition coefficient (Wildman–Crippen LogP) is 3.42. The second-order valence-electron chi connectivity index (χ2n) is 9.88. The summed E-state index contributed by atoms with van der Waals surface area (Å²) in [7, 11) is 1.59. The van der Waals surface area contributed by atoms with Crippen molar-refractivity contribution < 1.29 is 9.53 Å². The molecule has 4 heterocycles. The number of carbonyl (C=O) groups is 1. The first-order valence-electron chi connectivity index (χ1n) is 12.6. The molecule has 2 aliphatic heterocycles. The third-order valence-corrected chi connectivity index (χ3v) is 7.54. The van der Waals surface area contributed by atoms with E-state index in [1.165, 1.54) is 21.7 Å². The van der Waals surface area contributed by atoms with Crippen LogP contribution in [0.2, 0.25) is 0 Å². The van der Waals surface area contributed by atoms with Crippen molar-refractivity contribution in [2.75, 3.05) is 26.7 Å². The van der Waals surface area contributed by atoms with Gasteiger partial charge in [-0.25, -0.2) is 15.6 Å². The number of methoxy groups -OCH3 is 1. The van der Waals surface area contributed by atoms with E-state index in [1.807, 2.05) is 17.0 Å². The van der Waals surface area contributed by atoms with Crippen molar-refractivity contribution >= 4 is 6.03 Å². The van der Waals surface area contributed by atoms with Crippen LogP contribution in [-0.2, 0) is 19.5 Å². The van der Waals surface area contributed by atoms with E-state index in [0.717, 1.165) is 61.4 Å². The van der Waals surface area contributed by atoms with Crippen molar-refractivity contribution in [3.8, 4) is 17.1 Å². The summed E-state index contributed by atoms with van der Waals surface area (Å²) in [6, 6.07) is 10.1. The Kier molecular flexibility index (Phi) is 6.93. The average Bonchev–Trinajstić information content (AvgIpc) is 3.33. The van der Waals surface area contributed by atoms with E-state index in [9.17, 15) is 4.79 Å². The summed E-state index contributed by atoms with van der Waals surface area (Å²) < 4.78 is 5.17. The number of likely N-dealkylation sites (tertiary alicyclic amines) is 1. The van der Waals surface area contributed by atoms with Crippen LogP contribution in [0.5, 0.6) is 5.88 Å². The molecule has 190 valence electrons. The molecule has 0 unspecified atom stereocenters. The van der Waals surface area contributed by atoms with Crippen molar-refractivity contribution in [1.29, 1.82) is 0 Å². The zero-order valence-electron chi connectivity index (χ0n) is 21.3. The van der Waals surface area contributed by atoms with E-state index < -0.39 is 0 Å². The number of benzene rings is 1. The van der Waals surface area contributed by atoms with Gasteiger partial charge in [-0.15, -0.1) is 0 Å². The van der Waals surface area contributed by atoms with E-state index in [2.05, 4.69) is 52.1 Å². The van der Waals surface area contributed by atoms with Gasteiger partial charge in [0.05, 0.1) is 25.4 Å². The van der Waals surface area contributed by atoms with Crippen LogP contribution < -0.4 is 10.6 Å². The van der Waals surface area contributed by atoms with Crippen LogP contribution in [0.3, 0.4) is 0 Å². The predicted molar refractivity (Wildman–Crippen MR) is 138 cm³/mol. The number of nitrogens with zero attached hydrogens (tertiary/aromatic N) is 5.